The Kier molecular flexibility index (Phi) is 7.58. The van der Waals surface area contributed by atoms with Crippen LogP contribution in [-0.2, 0) is 17.8 Å². The molecule has 0 spiro atoms. The molecule has 0 unspecified atom stereocenters. The number of nitrogens with one attached hydrogen (secondary N) is 1. The second kappa shape index (κ2) is 9.13. The van der Waals surface area contributed by atoms with Crippen LogP contribution in [0.5, 0.6) is 0 Å². The van der Waals surface area contributed by atoms with Gasteiger partial charge in [-0.05, 0) is 19.4 Å². The fourth-order valence-electron chi connectivity index (χ4n) is 1.49. The van der Waals surface area contributed by atoms with Gasteiger partial charge in [0, 0.05) is 6.61 Å². The molecule has 0 amide bonds. The molecular weight excluding hydrogens is 216 g/mol. The van der Waals surface area contributed by atoms with E-state index >= 15 is 0 Å². The van der Waals surface area contributed by atoms with Crippen molar-refractivity contribution in [2.24, 2.45) is 0 Å². The lowest BCUT2D eigenvalue weighted by Gasteiger charge is -2.07. The number of aromatic nitrogens is 3. The molecule has 1 rings (SSSR count). The molecule has 1 heterocycles. The van der Waals surface area contributed by atoms with Gasteiger partial charge in [0.15, 0.2) is 0 Å². The van der Waals surface area contributed by atoms with Crippen molar-refractivity contribution in [2.75, 3.05) is 19.8 Å². The fourth-order valence-corrected chi connectivity index (χ4v) is 1.49. The maximum atomic E-state index is 5.52. The molecule has 5 nitrogen and oxygen atoms in total. The summed E-state index contributed by atoms with van der Waals surface area (Å²) in [6.07, 6.45) is 5.04. The lowest BCUT2D eigenvalue weighted by Crippen LogP contribution is -2.19. The highest BCUT2D eigenvalue weighted by Gasteiger charge is 2.02. The summed E-state index contributed by atoms with van der Waals surface area (Å²) in [6.45, 7) is 8.45. The monoisotopic (exact) mass is 240 g/mol. The lowest BCUT2D eigenvalue weighted by molar-refractivity contribution is 0.120. The Morgan fingerprint density at radius 1 is 1.29 bits per heavy atom. The number of nitrogens with zero attached hydrogens (tertiary/aromatic N) is 3. The highest BCUT2D eigenvalue weighted by atomic mass is 16.5. The van der Waals surface area contributed by atoms with E-state index < -0.39 is 0 Å². The Morgan fingerprint density at radius 3 is 2.94 bits per heavy atom. The van der Waals surface area contributed by atoms with Crippen LogP contribution in [0.1, 0.15) is 38.9 Å². The van der Waals surface area contributed by atoms with Crippen LogP contribution in [0.4, 0.5) is 0 Å². The molecule has 0 radical (unpaired) electrons. The van der Waals surface area contributed by atoms with Crippen molar-refractivity contribution in [3.8, 4) is 0 Å². The second-order valence-corrected chi connectivity index (χ2v) is 4.04. The van der Waals surface area contributed by atoms with Gasteiger partial charge in [-0.25, -0.2) is 9.67 Å². The summed E-state index contributed by atoms with van der Waals surface area (Å²) in [4.78, 5) is 4.24. The molecule has 0 saturated carbocycles. The average molecular weight is 240 g/mol. The predicted molar refractivity (Wildman–Crippen MR) is 67.7 cm³/mol. The van der Waals surface area contributed by atoms with Crippen LogP contribution in [0.25, 0.3) is 0 Å². The minimum absolute atomic E-state index is 0.712. The molecule has 1 aromatic rings. The highest BCUT2D eigenvalue weighted by molar-refractivity contribution is 4.83. The van der Waals surface area contributed by atoms with Gasteiger partial charge in [0.25, 0.3) is 0 Å². The summed E-state index contributed by atoms with van der Waals surface area (Å²) in [5, 5.41) is 7.52. The third-order valence-electron chi connectivity index (χ3n) is 2.50. The van der Waals surface area contributed by atoms with E-state index in [1.807, 2.05) is 4.68 Å². The van der Waals surface area contributed by atoms with Crippen molar-refractivity contribution in [1.29, 1.82) is 0 Å². The Balaban J connectivity index is 2.20. The molecule has 0 aliphatic carbocycles. The van der Waals surface area contributed by atoms with Gasteiger partial charge in [-0.2, -0.15) is 5.10 Å². The molecule has 98 valence electrons. The first-order valence-corrected chi connectivity index (χ1v) is 6.53. The quantitative estimate of drug-likeness (QED) is 0.631. The fraction of sp³-hybridized carbons (Fsp3) is 0.833. The number of hydrogen-bond acceptors (Lipinski definition) is 4. The lowest BCUT2D eigenvalue weighted by atomic mass is 10.4. The van der Waals surface area contributed by atoms with Crippen molar-refractivity contribution < 1.29 is 4.74 Å². The Bertz CT molecular complexity index is 288. The number of hydrogen-bond donors (Lipinski definition) is 1. The van der Waals surface area contributed by atoms with Crippen molar-refractivity contribution in [3.63, 3.8) is 0 Å². The van der Waals surface area contributed by atoms with Crippen molar-refractivity contribution >= 4 is 0 Å². The molecule has 1 N–H and O–H groups in total. The summed E-state index contributed by atoms with van der Waals surface area (Å²) in [5.41, 5.74) is 0. The van der Waals surface area contributed by atoms with Gasteiger partial charge in [0.05, 0.1) is 19.7 Å². The summed E-state index contributed by atoms with van der Waals surface area (Å²) >= 11 is 0. The van der Waals surface area contributed by atoms with Gasteiger partial charge in [-0.1, -0.05) is 20.3 Å². The maximum absolute atomic E-state index is 5.52. The van der Waals surface area contributed by atoms with Gasteiger partial charge in [0.1, 0.15) is 12.2 Å². The molecule has 5 heteroatoms. The van der Waals surface area contributed by atoms with E-state index in [-0.39, 0.29) is 0 Å². The normalized spacial score (nSPS) is 10.9. The molecule has 17 heavy (non-hydrogen) atoms. The van der Waals surface area contributed by atoms with Gasteiger partial charge in [0.2, 0.25) is 0 Å². The first kappa shape index (κ1) is 14.1. The third-order valence-corrected chi connectivity index (χ3v) is 2.50. The topological polar surface area (TPSA) is 52.0 Å². The molecule has 0 bridgehead atoms. The zero-order chi connectivity index (χ0) is 12.3. The molecule has 1 aromatic heterocycles. The van der Waals surface area contributed by atoms with Crippen LogP contribution in [0.3, 0.4) is 0 Å². The third kappa shape index (κ3) is 5.79. The van der Waals surface area contributed by atoms with Crippen molar-refractivity contribution in [2.45, 2.75) is 46.2 Å². The van der Waals surface area contributed by atoms with Crippen molar-refractivity contribution in [3.05, 3.63) is 12.2 Å². The van der Waals surface area contributed by atoms with Crippen LogP contribution < -0.4 is 5.32 Å². The van der Waals surface area contributed by atoms with Crippen LogP contribution in [0.15, 0.2) is 6.33 Å². The zero-order valence-corrected chi connectivity index (χ0v) is 11.0. The summed E-state index contributed by atoms with van der Waals surface area (Å²) in [7, 11) is 0. The van der Waals surface area contributed by atoms with Gasteiger partial charge < -0.3 is 10.1 Å². The van der Waals surface area contributed by atoms with Crippen LogP contribution >= 0.6 is 0 Å². The zero-order valence-electron chi connectivity index (χ0n) is 11.0. The number of ether oxygens (including phenoxy) is 1. The second-order valence-electron chi connectivity index (χ2n) is 4.04. The molecule has 0 aliphatic rings. The Morgan fingerprint density at radius 2 is 2.18 bits per heavy atom. The molecule has 0 atom stereocenters. The van der Waals surface area contributed by atoms with E-state index in [2.05, 4.69) is 29.2 Å². The predicted octanol–water partition coefficient (Wildman–Crippen LogP) is 1.59. The first-order valence-electron chi connectivity index (χ1n) is 6.53. The summed E-state index contributed by atoms with van der Waals surface area (Å²) in [5.74, 6) is 0.984. The van der Waals surface area contributed by atoms with Crippen molar-refractivity contribution in [1.82, 2.24) is 20.1 Å². The molecular formula is C12H24N4O. The van der Waals surface area contributed by atoms with Crippen LogP contribution in [-0.4, -0.2) is 34.5 Å². The standard InChI is InChI=1S/C12H24N4O/c1-3-5-8-17-9-7-16-12(14-11-15-16)10-13-6-4-2/h11,13H,3-10H2,1-2H3. The van der Waals surface area contributed by atoms with Gasteiger partial charge in [-0.15, -0.1) is 0 Å². The SMILES string of the molecule is CCCCOCCn1ncnc1CNCCC. The van der Waals surface area contributed by atoms with Gasteiger partial charge in [-0.3, -0.25) is 0 Å². The molecule has 0 aromatic carbocycles. The van der Waals surface area contributed by atoms with E-state index in [0.29, 0.717) is 6.61 Å². The highest BCUT2D eigenvalue weighted by Crippen LogP contribution is 1.95. The van der Waals surface area contributed by atoms with E-state index in [0.717, 1.165) is 44.9 Å². The van der Waals surface area contributed by atoms with Gasteiger partial charge >= 0.3 is 0 Å². The van der Waals surface area contributed by atoms with E-state index in [1.54, 1.807) is 6.33 Å². The van der Waals surface area contributed by atoms with Crippen LogP contribution in [0, 0.1) is 0 Å². The Labute approximate surface area is 104 Å². The smallest absolute Gasteiger partial charge is 0.140 e. The maximum Gasteiger partial charge on any atom is 0.140 e. The number of rotatable bonds is 10. The first-order chi connectivity index (χ1) is 8.38. The number of unbranched alkanes of at least 4 members (excludes halogenated alkanes) is 1. The van der Waals surface area contributed by atoms with E-state index in [9.17, 15) is 0 Å². The molecule has 0 aliphatic heterocycles. The largest absolute Gasteiger partial charge is 0.380 e. The average Bonchev–Trinajstić information content (AvgIpc) is 2.77. The molecule has 0 saturated heterocycles. The van der Waals surface area contributed by atoms with E-state index in [1.165, 1.54) is 6.42 Å². The van der Waals surface area contributed by atoms with E-state index in [4.69, 9.17) is 4.74 Å². The summed E-state index contributed by atoms with van der Waals surface area (Å²) in [6, 6.07) is 0. The molecule has 0 fully saturated rings. The minimum atomic E-state index is 0.712. The van der Waals surface area contributed by atoms with Crippen LogP contribution in [0.2, 0.25) is 0 Å². The summed E-state index contributed by atoms with van der Waals surface area (Å²) < 4.78 is 7.43. The Hall–Kier alpha value is -0.940. The minimum Gasteiger partial charge on any atom is -0.380 e.